The number of hydrogen-bond donors (Lipinski definition) is 4. The molecule has 0 radical (unpaired) electrons. The van der Waals surface area contributed by atoms with Gasteiger partial charge in [-0.25, -0.2) is 0 Å². The molecule has 3 aliphatic heterocycles. The Morgan fingerprint density at radius 1 is 1.00 bits per heavy atom. The van der Waals surface area contributed by atoms with Crippen LogP contribution in [0.3, 0.4) is 0 Å². The maximum Gasteiger partial charge on any atom is 0.405 e. The molecule has 5 rings (SSSR count). The van der Waals surface area contributed by atoms with Gasteiger partial charge in [-0.2, -0.15) is 18.4 Å². The van der Waals surface area contributed by atoms with Crippen LogP contribution in [0.2, 0.25) is 0 Å². The number of nitrogens with zero attached hydrogens (tertiary/aromatic N) is 4. The molecule has 39 heavy (non-hydrogen) atoms. The van der Waals surface area contributed by atoms with Crippen molar-refractivity contribution in [3.8, 4) is 6.07 Å². The van der Waals surface area contributed by atoms with Crippen molar-refractivity contribution in [1.29, 1.82) is 10.7 Å². The van der Waals surface area contributed by atoms with Crippen LogP contribution < -0.4 is 16.0 Å². The highest BCUT2D eigenvalue weighted by molar-refractivity contribution is 5.80. The number of halogens is 3. The minimum absolute atomic E-state index is 0.00797. The van der Waals surface area contributed by atoms with E-state index in [9.17, 15) is 18.4 Å². The minimum atomic E-state index is -4.22. The van der Waals surface area contributed by atoms with Gasteiger partial charge >= 0.3 is 6.18 Å². The number of alkyl halides is 3. The van der Waals surface area contributed by atoms with Gasteiger partial charge in [0.2, 0.25) is 0 Å². The molecule has 0 aromatic carbocycles. The smallest absolute Gasteiger partial charge is 0.337 e. The third-order valence-electron chi connectivity index (χ3n) is 10.6. The normalized spacial score (nSPS) is 42.2. The standard InChI is InChI=1S/C28H47F3N8/c1-16(2)19-7-5-6-8-20(19)24-34-21(13-32)23-26(36-24)39(27(33)38(23)4)14-17-9-11-18(12-10-17)25-35-22(15-37(25)3)28(29,30)31/h16-26,33-36H,5-12,14-15H2,1-4H3. The summed E-state index contributed by atoms with van der Waals surface area (Å²) in [4.78, 5) is 5.94. The van der Waals surface area contributed by atoms with Crippen LogP contribution in [-0.4, -0.2) is 90.6 Å². The van der Waals surface area contributed by atoms with E-state index in [1.807, 2.05) is 16.8 Å². The van der Waals surface area contributed by atoms with Crippen molar-refractivity contribution in [2.24, 2.45) is 29.6 Å². The Bertz CT molecular complexity index is 913. The van der Waals surface area contributed by atoms with Gasteiger partial charge in [-0.05, 0) is 75.2 Å². The minimum Gasteiger partial charge on any atom is -0.337 e. The van der Waals surface area contributed by atoms with Crippen LogP contribution in [0.1, 0.15) is 65.2 Å². The number of fused-ring (bicyclic) bond motifs is 1. The molecule has 0 aromatic heterocycles. The van der Waals surface area contributed by atoms with Crippen molar-refractivity contribution in [2.45, 2.75) is 108 Å². The molecule has 2 aliphatic carbocycles. The van der Waals surface area contributed by atoms with Crippen molar-refractivity contribution >= 4 is 5.96 Å². The highest BCUT2D eigenvalue weighted by Crippen LogP contribution is 2.40. The van der Waals surface area contributed by atoms with E-state index in [0.717, 1.165) is 38.6 Å². The van der Waals surface area contributed by atoms with Crippen molar-refractivity contribution in [2.75, 3.05) is 27.2 Å². The molecule has 3 heterocycles. The van der Waals surface area contributed by atoms with Gasteiger partial charge in [-0.15, -0.1) is 0 Å². The molecule has 8 unspecified atom stereocenters. The Labute approximate surface area is 231 Å². The fraction of sp³-hybridized carbons (Fsp3) is 0.929. The topological polar surface area (TPSA) is 93.5 Å². The van der Waals surface area contributed by atoms with Crippen molar-refractivity contribution in [3.05, 3.63) is 0 Å². The number of nitriles is 1. The molecule has 4 N–H and O–H groups in total. The fourth-order valence-corrected chi connectivity index (χ4v) is 8.43. The quantitative estimate of drug-likeness (QED) is 0.416. The maximum absolute atomic E-state index is 13.3. The summed E-state index contributed by atoms with van der Waals surface area (Å²) in [7, 11) is 3.71. The third-order valence-corrected chi connectivity index (χ3v) is 10.6. The zero-order chi connectivity index (χ0) is 28.1. The first-order valence-corrected chi connectivity index (χ1v) is 15.0. The molecular weight excluding hydrogens is 505 g/mol. The predicted octanol–water partition coefficient (Wildman–Crippen LogP) is 3.34. The summed E-state index contributed by atoms with van der Waals surface area (Å²) in [5.74, 6) is 2.71. The van der Waals surface area contributed by atoms with Crippen molar-refractivity contribution in [1.82, 2.24) is 30.7 Å². The Balaban J connectivity index is 1.24. The van der Waals surface area contributed by atoms with Gasteiger partial charge in [0.25, 0.3) is 0 Å². The molecule has 0 bridgehead atoms. The van der Waals surface area contributed by atoms with Gasteiger partial charge in [0.15, 0.2) is 5.96 Å². The highest BCUT2D eigenvalue weighted by Gasteiger charge is 2.53. The first-order chi connectivity index (χ1) is 18.5. The van der Waals surface area contributed by atoms with Gasteiger partial charge in [-0.3, -0.25) is 26.3 Å². The largest absolute Gasteiger partial charge is 0.405 e. The summed E-state index contributed by atoms with van der Waals surface area (Å²) in [6.07, 6.45) is 4.04. The van der Waals surface area contributed by atoms with Gasteiger partial charge < -0.3 is 9.80 Å². The molecule has 0 amide bonds. The van der Waals surface area contributed by atoms with E-state index in [1.54, 1.807) is 7.05 Å². The first-order valence-electron chi connectivity index (χ1n) is 15.0. The number of guanidine groups is 1. The predicted molar refractivity (Wildman–Crippen MR) is 144 cm³/mol. The fourth-order valence-electron chi connectivity index (χ4n) is 8.43. The van der Waals surface area contributed by atoms with Crippen molar-refractivity contribution < 1.29 is 13.2 Å². The molecule has 8 nitrogen and oxygen atoms in total. The van der Waals surface area contributed by atoms with Crippen LogP contribution in [0.25, 0.3) is 0 Å². The molecule has 0 spiro atoms. The summed E-state index contributed by atoms with van der Waals surface area (Å²) in [5.41, 5.74) is 0. The molecule has 3 saturated heterocycles. The van der Waals surface area contributed by atoms with E-state index in [-0.39, 0.29) is 43.0 Å². The second kappa shape index (κ2) is 11.3. The lowest BCUT2D eigenvalue weighted by atomic mass is 9.71. The van der Waals surface area contributed by atoms with E-state index in [0.29, 0.717) is 29.6 Å². The SMILES string of the molecule is CC(C)C1CCCCC1C1NC(C#N)C2C(N1)N(CC1CCC(C3NC(C(F)(F)F)CN3C)CC1)C(=N)N2C. The van der Waals surface area contributed by atoms with Crippen LogP contribution >= 0.6 is 0 Å². The lowest BCUT2D eigenvalue weighted by Crippen LogP contribution is -2.71. The number of rotatable bonds is 5. The summed E-state index contributed by atoms with van der Waals surface area (Å²) in [5, 5.41) is 29.4. The zero-order valence-corrected chi connectivity index (χ0v) is 23.8. The third kappa shape index (κ3) is 5.64. The molecule has 11 heteroatoms. The Hall–Kier alpha value is -1.61. The lowest BCUT2D eigenvalue weighted by molar-refractivity contribution is -0.150. The summed E-state index contributed by atoms with van der Waals surface area (Å²) in [6.45, 7) is 5.36. The van der Waals surface area contributed by atoms with Crippen LogP contribution in [-0.2, 0) is 0 Å². The van der Waals surface area contributed by atoms with Gasteiger partial charge in [0.1, 0.15) is 18.2 Å². The number of nitrogens with one attached hydrogen (secondary N) is 4. The Kier molecular flexibility index (Phi) is 8.41. The van der Waals surface area contributed by atoms with Crippen LogP contribution in [0.15, 0.2) is 0 Å². The summed E-state index contributed by atoms with van der Waals surface area (Å²) in [6, 6.07) is 0.575. The second-order valence-electron chi connectivity index (χ2n) is 13.2. The summed E-state index contributed by atoms with van der Waals surface area (Å²) < 4.78 is 39.8. The average Bonchev–Trinajstić information content (AvgIpc) is 3.42. The first kappa shape index (κ1) is 28.9. The van der Waals surface area contributed by atoms with Crippen LogP contribution in [0.4, 0.5) is 13.2 Å². The summed E-state index contributed by atoms with van der Waals surface area (Å²) >= 11 is 0. The van der Waals surface area contributed by atoms with Gasteiger partial charge in [-0.1, -0.05) is 26.7 Å². The van der Waals surface area contributed by atoms with E-state index >= 15 is 0 Å². The van der Waals surface area contributed by atoms with E-state index in [4.69, 9.17) is 5.41 Å². The zero-order valence-electron chi connectivity index (χ0n) is 23.8. The monoisotopic (exact) mass is 552 g/mol. The number of likely N-dealkylation sites (N-methyl/N-ethyl adjacent to an activating group) is 2. The Morgan fingerprint density at radius 3 is 2.31 bits per heavy atom. The number of hydrogen-bond acceptors (Lipinski definition) is 6. The van der Waals surface area contributed by atoms with Crippen LogP contribution in [0, 0.1) is 46.3 Å². The van der Waals surface area contributed by atoms with Gasteiger partial charge in [0, 0.05) is 20.1 Å². The van der Waals surface area contributed by atoms with E-state index in [2.05, 4.69) is 40.8 Å². The van der Waals surface area contributed by atoms with Crippen LogP contribution in [0.5, 0.6) is 0 Å². The van der Waals surface area contributed by atoms with Gasteiger partial charge in [0.05, 0.1) is 24.4 Å². The Morgan fingerprint density at radius 2 is 1.69 bits per heavy atom. The van der Waals surface area contributed by atoms with E-state index < -0.39 is 12.2 Å². The maximum atomic E-state index is 13.3. The van der Waals surface area contributed by atoms with Crippen molar-refractivity contribution in [3.63, 3.8) is 0 Å². The lowest BCUT2D eigenvalue weighted by Gasteiger charge is -2.48. The molecular formula is C28H47F3N8. The molecule has 0 aromatic rings. The second-order valence-corrected chi connectivity index (χ2v) is 13.2. The molecule has 220 valence electrons. The van der Waals surface area contributed by atoms with E-state index in [1.165, 1.54) is 19.3 Å². The molecule has 5 fully saturated rings. The molecule has 2 saturated carbocycles. The molecule has 8 atom stereocenters. The highest BCUT2D eigenvalue weighted by atomic mass is 19.4. The average molecular weight is 553 g/mol. The molecule has 5 aliphatic rings.